The Morgan fingerprint density at radius 1 is 0.915 bits per heavy atom. The minimum atomic E-state index is -0.820. The van der Waals surface area contributed by atoms with Crippen molar-refractivity contribution in [1.82, 2.24) is 5.32 Å². The lowest BCUT2D eigenvalue weighted by atomic mass is 9.33. The molecule has 9 heteroatoms. The number of hydrogen-bond acceptors (Lipinski definition) is 7. The highest BCUT2D eigenvalue weighted by atomic mass is 35.5. The number of hydrogen-bond donors (Lipinski definition) is 2. The highest BCUT2D eigenvalue weighted by Crippen LogP contribution is 2.77. The molecule has 1 aromatic carbocycles. The fourth-order valence-electron chi connectivity index (χ4n) is 15.3. The summed E-state index contributed by atoms with van der Waals surface area (Å²) in [4.78, 5) is 39.7. The lowest BCUT2D eigenvalue weighted by Gasteiger charge is -2.72. The Morgan fingerprint density at radius 2 is 1.68 bits per heavy atom. The third-order valence-electron chi connectivity index (χ3n) is 18.9. The van der Waals surface area contributed by atoms with Crippen LogP contribution in [0.3, 0.4) is 0 Å². The molecule has 6 aliphatic carbocycles. The number of aliphatic carboxylic acids is 1. The molecule has 11 atom stereocenters. The van der Waals surface area contributed by atoms with Crippen LogP contribution < -0.4 is 10.1 Å². The number of ether oxygens (including phenoxy) is 3. The number of ketones is 1. The van der Waals surface area contributed by atoms with E-state index >= 15 is 0 Å². The molecule has 1 aromatic rings. The lowest BCUT2D eigenvalue weighted by molar-refractivity contribution is -0.236. The maximum atomic E-state index is 14.2. The van der Waals surface area contributed by atoms with Crippen LogP contribution in [0.5, 0.6) is 5.75 Å². The summed E-state index contributed by atoms with van der Waals surface area (Å²) >= 11 is 6.41. The number of nitrogens with one attached hydrogen (secondary N) is 1. The molecule has 1 aliphatic heterocycles. The first-order valence-corrected chi connectivity index (χ1v) is 23.5. The summed E-state index contributed by atoms with van der Waals surface area (Å²) in [5.74, 6) is 0.892. The molecular formula is C50H72ClNO7. The maximum Gasteiger partial charge on any atom is 0.309 e. The Hall–Kier alpha value is -2.42. The zero-order valence-corrected chi connectivity index (χ0v) is 38.2. The summed E-state index contributed by atoms with van der Waals surface area (Å²) in [7, 11) is 0. The number of benzene rings is 1. The Labute approximate surface area is 358 Å². The summed E-state index contributed by atoms with van der Waals surface area (Å²) in [5.41, 5.74) is 3.21. The van der Waals surface area contributed by atoms with Crippen LogP contribution in [-0.2, 0) is 30.4 Å². The van der Waals surface area contributed by atoms with Gasteiger partial charge in [0.15, 0.2) is 5.78 Å². The van der Waals surface area contributed by atoms with Crippen molar-refractivity contribution in [3.63, 3.8) is 0 Å². The van der Waals surface area contributed by atoms with E-state index in [9.17, 15) is 19.5 Å². The molecule has 0 amide bonds. The number of esters is 1. The van der Waals surface area contributed by atoms with Crippen molar-refractivity contribution in [1.29, 1.82) is 0 Å². The third-order valence-corrected chi connectivity index (χ3v) is 19.2. The average Bonchev–Trinajstić information content (AvgIpc) is 3.77. The smallest absolute Gasteiger partial charge is 0.309 e. The standard InChI is InChI=1S/C50H72ClNO7/c1-29(2)41-36(53)26-50(21-22-52-27-30-10-11-31(51)24-37(30)58-32-16-23-57-28-32)20-19-48(8)33(42(41)50)12-13-39-47(7)17-15-40(46(5,6)38(47)14-18-49(39,48)9)59-44(56)35-25-34(43(54)55)45(35,3)4/h10-11,24,29,32-35,38-40,52H,12-23,25-28H2,1-9H3,(H,54,55)/t32-,33-,34+,35-,38+,39-,40+,47+,48-,49-,50-/m1/s1. The van der Waals surface area contributed by atoms with E-state index in [0.29, 0.717) is 54.6 Å². The number of carbonyl (C=O) groups is 3. The molecule has 0 spiro atoms. The fraction of sp³-hybridized carbons (Fsp3) is 0.780. The number of carbonyl (C=O) groups excluding carboxylic acids is 2. The second kappa shape index (κ2) is 15.1. The molecule has 59 heavy (non-hydrogen) atoms. The molecule has 7 aliphatic rings. The van der Waals surface area contributed by atoms with Gasteiger partial charge in [0.2, 0.25) is 0 Å². The molecule has 0 bridgehead atoms. The molecule has 0 unspecified atom stereocenters. The van der Waals surface area contributed by atoms with Gasteiger partial charge in [-0.15, -0.1) is 0 Å². The topological polar surface area (TPSA) is 111 Å². The van der Waals surface area contributed by atoms with Gasteiger partial charge in [-0.3, -0.25) is 14.4 Å². The normalized spacial score (nSPS) is 40.7. The monoisotopic (exact) mass is 833 g/mol. The molecule has 326 valence electrons. The van der Waals surface area contributed by atoms with Crippen LogP contribution >= 0.6 is 11.6 Å². The first kappa shape index (κ1) is 43.2. The van der Waals surface area contributed by atoms with Gasteiger partial charge in [-0.1, -0.05) is 85.6 Å². The zero-order chi connectivity index (χ0) is 42.5. The third kappa shape index (κ3) is 6.76. The van der Waals surface area contributed by atoms with Crippen molar-refractivity contribution < 1.29 is 33.7 Å². The number of carboxylic acid groups (broad SMARTS) is 1. The number of allylic oxidation sites excluding steroid dienone is 2. The van der Waals surface area contributed by atoms with Crippen molar-refractivity contribution in [2.24, 2.45) is 68.0 Å². The van der Waals surface area contributed by atoms with Gasteiger partial charge in [0.05, 0.1) is 25.0 Å². The van der Waals surface area contributed by atoms with Crippen LogP contribution in [0.1, 0.15) is 145 Å². The van der Waals surface area contributed by atoms with Crippen molar-refractivity contribution >= 4 is 29.3 Å². The highest BCUT2D eigenvalue weighted by Gasteiger charge is 2.70. The van der Waals surface area contributed by atoms with Gasteiger partial charge >= 0.3 is 11.9 Å². The van der Waals surface area contributed by atoms with E-state index in [0.717, 1.165) is 87.8 Å². The first-order chi connectivity index (χ1) is 27.7. The average molecular weight is 835 g/mol. The summed E-state index contributed by atoms with van der Waals surface area (Å²) < 4.78 is 18.4. The van der Waals surface area contributed by atoms with E-state index in [1.165, 1.54) is 12.0 Å². The molecule has 0 aromatic heterocycles. The van der Waals surface area contributed by atoms with E-state index in [1.807, 2.05) is 26.0 Å². The van der Waals surface area contributed by atoms with Crippen molar-refractivity contribution in [3.8, 4) is 5.75 Å². The van der Waals surface area contributed by atoms with E-state index in [2.05, 4.69) is 59.8 Å². The van der Waals surface area contributed by atoms with Gasteiger partial charge in [-0.2, -0.15) is 0 Å². The van der Waals surface area contributed by atoms with Gasteiger partial charge < -0.3 is 24.6 Å². The molecular weight excluding hydrogens is 762 g/mol. The molecule has 1 heterocycles. The molecule has 8 nitrogen and oxygen atoms in total. The van der Waals surface area contributed by atoms with E-state index in [-0.39, 0.29) is 57.1 Å². The van der Waals surface area contributed by atoms with Crippen LogP contribution in [0.4, 0.5) is 0 Å². The van der Waals surface area contributed by atoms with Crippen molar-refractivity contribution in [2.75, 3.05) is 19.8 Å². The molecule has 0 radical (unpaired) electrons. The van der Waals surface area contributed by atoms with Crippen LogP contribution in [0.2, 0.25) is 5.02 Å². The van der Waals surface area contributed by atoms with Crippen molar-refractivity contribution in [2.45, 2.75) is 158 Å². The van der Waals surface area contributed by atoms with Gasteiger partial charge in [-0.25, -0.2) is 0 Å². The van der Waals surface area contributed by atoms with Gasteiger partial charge in [0.25, 0.3) is 0 Å². The lowest BCUT2D eigenvalue weighted by Crippen LogP contribution is -2.66. The number of rotatable bonds is 11. The summed E-state index contributed by atoms with van der Waals surface area (Å²) in [6.07, 6.45) is 11.4. The quantitative estimate of drug-likeness (QED) is 0.167. The van der Waals surface area contributed by atoms with Crippen LogP contribution in [0.25, 0.3) is 0 Å². The van der Waals surface area contributed by atoms with Crippen LogP contribution in [-0.4, -0.2) is 54.8 Å². The number of Topliss-reactive ketones (excluding diaryl/α,β-unsaturated/α-hetero) is 1. The Balaban J connectivity index is 0.992. The minimum Gasteiger partial charge on any atom is -0.488 e. The van der Waals surface area contributed by atoms with Gasteiger partial charge in [0.1, 0.15) is 18.0 Å². The SMILES string of the molecule is CC(C)C1=C2[C@H]3CC[C@@H]4[C@@]5(C)CC[C@H](OC(=O)[C@H]6C[C@@H](C(=O)O)C6(C)C)C(C)(C)[C@@H]5CC[C@@]4(C)[C@]3(C)CC[C@@]2(CCNCc2ccc(Cl)cc2O[C@@H]2CCOC2)CC1=O. The largest absolute Gasteiger partial charge is 0.488 e. The molecule has 5 saturated carbocycles. The number of fused-ring (bicyclic) bond motifs is 7. The Kier molecular flexibility index (Phi) is 11.1. The number of halogens is 1. The Morgan fingerprint density at radius 3 is 2.36 bits per heavy atom. The summed E-state index contributed by atoms with van der Waals surface area (Å²) in [6.45, 7) is 23.6. The molecule has 6 fully saturated rings. The van der Waals surface area contributed by atoms with Gasteiger partial charge in [-0.05, 0) is 134 Å². The minimum absolute atomic E-state index is 0.0522. The predicted molar refractivity (Wildman–Crippen MR) is 230 cm³/mol. The zero-order valence-electron chi connectivity index (χ0n) is 37.4. The Bertz CT molecular complexity index is 1880. The highest BCUT2D eigenvalue weighted by molar-refractivity contribution is 6.30. The van der Waals surface area contributed by atoms with E-state index in [4.69, 9.17) is 25.8 Å². The molecule has 2 N–H and O–H groups in total. The maximum absolute atomic E-state index is 14.2. The second-order valence-corrected chi connectivity index (χ2v) is 23.0. The molecule has 8 rings (SSSR count). The van der Waals surface area contributed by atoms with Crippen LogP contribution in [0.15, 0.2) is 29.3 Å². The fourth-order valence-corrected chi connectivity index (χ4v) is 15.5. The summed E-state index contributed by atoms with van der Waals surface area (Å²) in [5, 5.41) is 14.1. The van der Waals surface area contributed by atoms with Crippen LogP contribution in [0, 0.1) is 68.0 Å². The predicted octanol–water partition coefficient (Wildman–Crippen LogP) is 10.6. The second-order valence-electron chi connectivity index (χ2n) is 22.5. The molecule has 1 saturated heterocycles. The number of carboxylic acids is 1. The van der Waals surface area contributed by atoms with Crippen molar-refractivity contribution in [3.05, 3.63) is 39.9 Å². The van der Waals surface area contributed by atoms with E-state index < -0.39 is 17.3 Å². The van der Waals surface area contributed by atoms with Gasteiger partial charge in [0, 0.05) is 40.8 Å². The van der Waals surface area contributed by atoms with E-state index in [1.54, 1.807) is 0 Å². The first-order valence-electron chi connectivity index (χ1n) is 23.1. The summed E-state index contributed by atoms with van der Waals surface area (Å²) in [6, 6.07) is 5.92.